The number of phenolic OH excluding ortho intramolecular Hbond substituents is 1. The summed E-state index contributed by atoms with van der Waals surface area (Å²) in [5.74, 6) is -0.915. The van der Waals surface area contributed by atoms with Crippen molar-refractivity contribution in [2.45, 2.75) is 0 Å². The van der Waals surface area contributed by atoms with Gasteiger partial charge in [0.25, 0.3) is 11.8 Å². The van der Waals surface area contributed by atoms with Crippen molar-refractivity contribution >= 4 is 57.2 Å². The molecule has 28 heavy (non-hydrogen) atoms. The Labute approximate surface area is 169 Å². The molecule has 9 heteroatoms. The predicted octanol–water partition coefficient (Wildman–Crippen LogP) is 2.88. The first-order valence-electron chi connectivity index (χ1n) is 8.11. The Morgan fingerprint density at radius 3 is 2.61 bits per heavy atom. The van der Waals surface area contributed by atoms with E-state index in [2.05, 4.69) is 15.4 Å². The molecule has 0 spiro atoms. The SMILES string of the molecule is O=C(NN1C(=O)/C(=C\c2cnc3ccccc3n2)SC1=S)c1ccc(O)cc1. The zero-order valence-corrected chi connectivity index (χ0v) is 15.8. The number of phenols is 1. The summed E-state index contributed by atoms with van der Waals surface area (Å²) < 4.78 is 0.206. The first kappa shape index (κ1) is 18.1. The molecular formula is C19H12N4O3S2. The molecule has 2 amide bonds. The molecule has 1 aromatic heterocycles. The zero-order chi connectivity index (χ0) is 19.7. The first-order valence-corrected chi connectivity index (χ1v) is 9.33. The van der Waals surface area contributed by atoms with E-state index in [4.69, 9.17) is 12.2 Å². The van der Waals surface area contributed by atoms with Crippen LogP contribution in [0.15, 0.2) is 59.6 Å². The number of aromatic hydroxyl groups is 1. The van der Waals surface area contributed by atoms with Crippen LogP contribution in [-0.2, 0) is 4.79 Å². The van der Waals surface area contributed by atoms with E-state index >= 15 is 0 Å². The summed E-state index contributed by atoms with van der Waals surface area (Å²) in [6, 6.07) is 13.1. The number of aromatic nitrogens is 2. The molecular weight excluding hydrogens is 396 g/mol. The number of amides is 2. The number of hydrazine groups is 1. The minimum Gasteiger partial charge on any atom is -0.508 e. The van der Waals surface area contributed by atoms with Crippen LogP contribution >= 0.6 is 24.0 Å². The monoisotopic (exact) mass is 408 g/mol. The Bertz CT molecular complexity index is 1150. The molecule has 0 unspecified atom stereocenters. The van der Waals surface area contributed by atoms with Gasteiger partial charge >= 0.3 is 0 Å². The van der Waals surface area contributed by atoms with Gasteiger partial charge in [0, 0.05) is 5.56 Å². The highest BCUT2D eigenvalue weighted by Crippen LogP contribution is 2.31. The van der Waals surface area contributed by atoms with Crippen molar-refractivity contribution in [1.82, 2.24) is 20.4 Å². The molecule has 1 saturated heterocycles. The number of thioether (sulfide) groups is 1. The van der Waals surface area contributed by atoms with Crippen LogP contribution < -0.4 is 5.43 Å². The third kappa shape index (κ3) is 3.57. The summed E-state index contributed by atoms with van der Waals surface area (Å²) in [5, 5.41) is 10.3. The Morgan fingerprint density at radius 1 is 1.14 bits per heavy atom. The third-order valence-electron chi connectivity index (χ3n) is 3.88. The van der Waals surface area contributed by atoms with E-state index in [0.717, 1.165) is 22.3 Å². The van der Waals surface area contributed by atoms with Crippen LogP contribution in [-0.4, -0.2) is 36.2 Å². The van der Waals surface area contributed by atoms with Gasteiger partial charge < -0.3 is 5.11 Å². The maximum Gasteiger partial charge on any atom is 0.285 e. The van der Waals surface area contributed by atoms with Crippen molar-refractivity contribution < 1.29 is 14.7 Å². The average molecular weight is 408 g/mol. The van der Waals surface area contributed by atoms with Crippen LogP contribution in [0, 0.1) is 0 Å². The number of carbonyl (C=O) groups is 2. The molecule has 2 N–H and O–H groups in total. The van der Waals surface area contributed by atoms with Crippen LogP contribution in [0.5, 0.6) is 5.75 Å². The van der Waals surface area contributed by atoms with Crippen molar-refractivity contribution in [2.24, 2.45) is 0 Å². The van der Waals surface area contributed by atoms with Crippen LogP contribution in [0.25, 0.3) is 17.1 Å². The van der Waals surface area contributed by atoms with Gasteiger partial charge in [0.05, 0.1) is 27.8 Å². The fourth-order valence-electron chi connectivity index (χ4n) is 2.52. The molecule has 7 nitrogen and oxygen atoms in total. The van der Waals surface area contributed by atoms with Crippen molar-refractivity contribution in [2.75, 3.05) is 0 Å². The second-order valence-electron chi connectivity index (χ2n) is 5.79. The Balaban J connectivity index is 1.55. The summed E-state index contributed by atoms with van der Waals surface area (Å²) in [5.41, 5.74) is 4.76. The molecule has 0 bridgehead atoms. The predicted molar refractivity (Wildman–Crippen MR) is 110 cm³/mol. The van der Waals surface area contributed by atoms with Crippen LogP contribution in [0.3, 0.4) is 0 Å². The largest absolute Gasteiger partial charge is 0.508 e. The lowest BCUT2D eigenvalue weighted by Crippen LogP contribution is -2.44. The highest BCUT2D eigenvalue weighted by Gasteiger charge is 2.34. The second kappa shape index (κ2) is 7.37. The van der Waals surface area contributed by atoms with E-state index in [9.17, 15) is 14.7 Å². The van der Waals surface area contributed by atoms with Gasteiger partial charge in [0.1, 0.15) is 5.75 Å². The molecule has 1 fully saturated rings. The average Bonchev–Trinajstić information content (AvgIpc) is 2.95. The van der Waals surface area contributed by atoms with E-state index < -0.39 is 11.8 Å². The maximum absolute atomic E-state index is 12.7. The molecule has 0 saturated carbocycles. The van der Waals surface area contributed by atoms with E-state index in [1.807, 2.05) is 24.3 Å². The van der Waals surface area contributed by atoms with E-state index in [1.54, 1.807) is 12.3 Å². The van der Waals surface area contributed by atoms with E-state index in [0.29, 0.717) is 16.1 Å². The van der Waals surface area contributed by atoms with Gasteiger partial charge in [-0.1, -0.05) is 23.9 Å². The van der Waals surface area contributed by atoms with Gasteiger partial charge in [-0.3, -0.25) is 20.0 Å². The lowest BCUT2D eigenvalue weighted by molar-refractivity contribution is -0.123. The topological polar surface area (TPSA) is 95.4 Å². The molecule has 0 aliphatic carbocycles. The van der Waals surface area contributed by atoms with Crippen LogP contribution in [0.2, 0.25) is 0 Å². The standard InChI is InChI=1S/C19H12N4O3S2/c24-13-7-5-11(6-8-13)17(25)22-23-18(26)16(28-19(23)27)9-12-10-20-14-3-1-2-4-15(14)21-12/h1-10,24H,(H,22,25)/b16-9+. The lowest BCUT2D eigenvalue weighted by atomic mass is 10.2. The van der Waals surface area contributed by atoms with E-state index in [1.165, 1.54) is 24.3 Å². The molecule has 2 heterocycles. The second-order valence-corrected chi connectivity index (χ2v) is 7.46. The van der Waals surface area contributed by atoms with Gasteiger partial charge in [-0.15, -0.1) is 0 Å². The fraction of sp³-hybridized carbons (Fsp3) is 0. The van der Waals surface area contributed by atoms with Crippen molar-refractivity contribution in [3.63, 3.8) is 0 Å². The Hall–Kier alpha value is -3.30. The molecule has 0 radical (unpaired) electrons. The quantitative estimate of drug-likeness (QED) is 0.508. The molecule has 4 rings (SSSR count). The number of carbonyl (C=O) groups excluding carboxylic acids is 2. The lowest BCUT2D eigenvalue weighted by Gasteiger charge is -2.15. The van der Waals surface area contributed by atoms with Crippen molar-refractivity contribution in [1.29, 1.82) is 0 Å². The number of rotatable bonds is 3. The molecule has 2 aromatic carbocycles. The number of fused-ring (bicyclic) bond motifs is 1. The van der Waals surface area contributed by atoms with Gasteiger partial charge in [-0.25, -0.2) is 4.98 Å². The summed E-state index contributed by atoms with van der Waals surface area (Å²) in [4.78, 5) is 34.1. The maximum atomic E-state index is 12.7. The van der Waals surface area contributed by atoms with Crippen LogP contribution in [0.4, 0.5) is 0 Å². The first-order chi connectivity index (χ1) is 13.5. The number of hydrogen-bond donors (Lipinski definition) is 2. The third-order valence-corrected chi connectivity index (χ3v) is 5.18. The van der Waals surface area contributed by atoms with Crippen molar-refractivity contribution in [3.05, 3.63) is 70.9 Å². The number of hydrogen-bond acceptors (Lipinski definition) is 7. The highest BCUT2D eigenvalue weighted by atomic mass is 32.2. The molecule has 138 valence electrons. The normalized spacial score (nSPS) is 15.4. The molecule has 3 aromatic rings. The summed E-state index contributed by atoms with van der Waals surface area (Å²) in [6.07, 6.45) is 3.16. The minimum atomic E-state index is -0.511. The van der Waals surface area contributed by atoms with Gasteiger partial charge in [0.2, 0.25) is 0 Å². The molecule has 1 aliphatic rings. The minimum absolute atomic E-state index is 0.0431. The number of nitrogens with zero attached hydrogens (tertiary/aromatic N) is 3. The number of nitrogens with one attached hydrogen (secondary N) is 1. The van der Waals surface area contributed by atoms with Crippen molar-refractivity contribution in [3.8, 4) is 5.75 Å². The zero-order valence-electron chi connectivity index (χ0n) is 14.2. The summed E-state index contributed by atoms with van der Waals surface area (Å²) >= 11 is 6.28. The van der Waals surface area contributed by atoms with E-state index in [-0.39, 0.29) is 15.6 Å². The number of para-hydroxylation sites is 2. The Morgan fingerprint density at radius 2 is 1.86 bits per heavy atom. The molecule has 0 atom stereocenters. The molecule has 1 aliphatic heterocycles. The summed E-state index contributed by atoms with van der Waals surface area (Å²) in [6.45, 7) is 0. The van der Waals surface area contributed by atoms with Crippen LogP contribution in [0.1, 0.15) is 16.1 Å². The number of benzene rings is 2. The highest BCUT2D eigenvalue weighted by molar-refractivity contribution is 8.26. The number of thiocarbonyl (C=S) groups is 1. The van der Waals surface area contributed by atoms with Gasteiger partial charge in [-0.05, 0) is 54.7 Å². The van der Waals surface area contributed by atoms with Gasteiger partial charge in [-0.2, -0.15) is 5.01 Å². The smallest absolute Gasteiger partial charge is 0.285 e. The summed E-state index contributed by atoms with van der Waals surface area (Å²) in [7, 11) is 0. The Kier molecular flexibility index (Phi) is 4.76. The van der Waals surface area contributed by atoms with Gasteiger partial charge in [0.15, 0.2) is 4.32 Å². The fourth-order valence-corrected chi connectivity index (χ4v) is 3.68.